The molecule has 0 atom stereocenters. The van der Waals surface area contributed by atoms with Gasteiger partial charge in [-0.2, -0.15) is 0 Å². The van der Waals surface area contributed by atoms with Gasteiger partial charge in [0.25, 0.3) is 5.91 Å². The van der Waals surface area contributed by atoms with E-state index in [9.17, 15) is 15.0 Å². The molecular formula is C18H33N3O3. The van der Waals surface area contributed by atoms with Gasteiger partial charge in [0.15, 0.2) is 0 Å². The van der Waals surface area contributed by atoms with Crippen molar-refractivity contribution in [3.8, 4) is 0 Å². The predicted molar refractivity (Wildman–Crippen MR) is 96.9 cm³/mol. The van der Waals surface area contributed by atoms with E-state index in [2.05, 4.69) is 23.9 Å². The fourth-order valence-corrected chi connectivity index (χ4v) is 2.77. The first kappa shape index (κ1) is 20.7. The summed E-state index contributed by atoms with van der Waals surface area (Å²) in [6.45, 7) is 10.2. The van der Waals surface area contributed by atoms with Crippen LogP contribution in [-0.4, -0.2) is 90.8 Å². The lowest BCUT2D eigenvalue weighted by Crippen LogP contribution is -2.50. The Morgan fingerprint density at radius 3 is 2.21 bits per heavy atom. The van der Waals surface area contributed by atoms with Crippen LogP contribution in [0, 0.1) is 5.92 Å². The number of likely N-dealkylation sites (N-methyl/N-ethyl adjacent to an activating group) is 1. The molecular weight excluding hydrogens is 306 g/mol. The summed E-state index contributed by atoms with van der Waals surface area (Å²) >= 11 is 0. The lowest BCUT2D eigenvalue weighted by molar-refractivity contribution is -0.129. The third-order valence-corrected chi connectivity index (χ3v) is 4.34. The van der Waals surface area contributed by atoms with Gasteiger partial charge in [0.2, 0.25) is 0 Å². The fourth-order valence-electron chi connectivity index (χ4n) is 2.77. The van der Waals surface area contributed by atoms with E-state index in [0.29, 0.717) is 24.2 Å². The van der Waals surface area contributed by atoms with Gasteiger partial charge in [-0.1, -0.05) is 13.8 Å². The van der Waals surface area contributed by atoms with Crippen LogP contribution in [-0.2, 0) is 4.79 Å². The molecule has 6 nitrogen and oxygen atoms in total. The van der Waals surface area contributed by atoms with Crippen molar-refractivity contribution in [3.05, 3.63) is 23.0 Å². The number of carbonyl (C=O) groups excluding carboxylic acids is 1. The number of aliphatic hydroxyl groups excluding tert-OH is 2. The molecule has 0 radical (unpaired) electrons. The fraction of sp³-hybridized carbons (Fsp3) is 0.722. The van der Waals surface area contributed by atoms with Crippen molar-refractivity contribution >= 4 is 5.91 Å². The lowest BCUT2D eigenvalue weighted by Gasteiger charge is -2.35. The number of carbonyl (C=O) groups is 1. The van der Waals surface area contributed by atoms with Gasteiger partial charge >= 0.3 is 0 Å². The molecule has 0 aliphatic carbocycles. The Morgan fingerprint density at radius 1 is 1.21 bits per heavy atom. The van der Waals surface area contributed by atoms with Gasteiger partial charge in [0.05, 0.1) is 12.4 Å². The standard InChI is InChI=1S/C18H33N3O3/c1-14(2)17(15(3)23)12-16(13-22)18(24)21-10-8-20(9-11-21)7-6-19(4)5/h12,14,22-23H,6-11,13H2,1-5H3/b16-12+,17-15-. The SMILES string of the molecule is C/C(O)=C(\C=C(/CO)C(=O)N1CCN(CCN(C)C)CC1)C(C)C. The van der Waals surface area contributed by atoms with Crippen molar-refractivity contribution in [2.45, 2.75) is 20.8 Å². The molecule has 0 bridgehead atoms. The van der Waals surface area contributed by atoms with Crippen LogP contribution >= 0.6 is 0 Å². The minimum atomic E-state index is -0.316. The van der Waals surface area contributed by atoms with Crippen molar-refractivity contribution in [2.24, 2.45) is 5.92 Å². The maximum Gasteiger partial charge on any atom is 0.252 e. The molecule has 1 saturated heterocycles. The zero-order valence-corrected chi connectivity index (χ0v) is 15.7. The molecule has 6 heteroatoms. The highest BCUT2D eigenvalue weighted by molar-refractivity contribution is 5.94. The number of rotatable bonds is 7. The number of aliphatic hydroxyl groups is 2. The minimum absolute atomic E-state index is 0.0900. The molecule has 1 heterocycles. The molecule has 0 aromatic heterocycles. The Kier molecular flexibility index (Phi) is 8.45. The summed E-state index contributed by atoms with van der Waals surface area (Å²) in [6.07, 6.45) is 1.64. The van der Waals surface area contributed by atoms with E-state index in [-0.39, 0.29) is 24.2 Å². The number of nitrogens with zero attached hydrogens (tertiary/aromatic N) is 3. The molecule has 1 fully saturated rings. The topological polar surface area (TPSA) is 67.2 Å². The number of hydrogen-bond donors (Lipinski definition) is 2. The first-order chi connectivity index (χ1) is 11.3. The molecule has 2 N–H and O–H groups in total. The average molecular weight is 339 g/mol. The normalized spacial score (nSPS) is 18.3. The van der Waals surface area contributed by atoms with Crippen LogP contribution in [0.4, 0.5) is 0 Å². The van der Waals surface area contributed by atoms with Crippen LogP contribution in [0.2, 0.25) is 0 Å². The quantitative estimate of drug-likeness (QED) is 0.413. The van der Waals surface area contributed by atoms with Crippen molar-refractivity contribution in [3.63, 3.8) is 0 Å². The van der Waals surface area contributed by atoms with Gasteiger partial charge in [-0.25, -0.2) is 0 Å². The maximum atomic E-state index is 12.6. The molecule has 24 heavy (non-hydrogen) atoms. The molecule has 0 aromatic rings. The second-order valence-corrected chi connectivity index (χ2v) is 6.96. The zero-order chi connectivity index (χ0) is 18.3. The Hall–Kier alpha value is -1.37. The highest BCUT2D eigenvalue weighted by Gasteiger charge is 2.23. The van der Waals surface area contributed by atoms with Crippen LogP contribution < -0.4 is 0 Å². The van der Waals surface area contributed by atoms with E-state index in [1.54, 1.807) is 17.9 Å². The third-order valence-electron chi connectivity index (χ3n) is 4.34. The smallest absolute Gasteiger partial charge is 0.252 e. The Morgan fingerprint density at radius 2 is 1.79 bits per heavy atom. The van der Waals surface area contributed by atoms with Gasteiger partial charge in [-0.15, -0.1) is 0 Å². The molecule has 138 valence electrons. The van der Waals surface area contributed by atoms with Crippen molar-refractivity contribution in [1.29, 1.82) is 0 Å². The van der Waals surface area contributed by atoms with Gasteiger partial charge in [0, 0.05) is 44.8 Å². The molecule has 1 amide bonds. The molecule has 0 spiro atoms. The molecule has 0 aromatic carbocycles. The Bertz CT molecular complexity index is 472. The van der Waals surface area contributed by atoms with E-state index >= 15 is 0 Å². The third kappa shape index (κ3) is 6.26. The van der Waals surface area contributed by atoms with Crippen molar-refractivity contribution in [1.82, 2.24) is 14.7 Å². The van der Waals surface area contributed by atoms with Gasteiger partial charge < -0.3 is 20.0 Å². The molecule has 0 unspecified atom stereocenters. The molecule has 0 saturated carbocycles. The van der Waals surface area contributed by atoms with Crippen molar-refractivity contribution < 1.29 is 15.0 Å². The summed E-state index contributed by atoms with van der Waals surface area (Å²) in [4.78, 5) is 18.9. The van der Waals surface area contributed by atoms with Gasteiger partial charge in [-0.3, -0.25) is 9.69 Å². The van der Waals surface area contributed by atoms with E-state index in [4.69, 9.17) is 0 Å². The van der Waals surface area contributed by atoms with Crippen LogP contribution in [0.25, 0.3) is 0 Å². The number of piperazine rings is 1. The van der Waals surface area contributed by atoms with Gasteiger partial charge in [-0.05, 0) is 38.6 Å². The van der Waals surface area contributed by atoms with Crippen LogP contribution in [0.5, 0.6) is 0 Å². The summed E-state index contributed by atoms with van der Waals surface area (Å²) in [7, 11) is 4.11. The van der Waals surface area contributed by atoms with Crippen LogP contribution in [0.15, 0.2) is 23.0 Å². The number of hydrogen-bond acceptors (Lipinski definition) is 5. The molecule has 1 aliphatic heterocycles. The summed E-state index contributed by atoms with van der Waals surface area (Å²) in [5.74, 6) is 0.147. The number of amides is 1. The molecule has 1 rings (SSSR count). The monoisotopic (exact) mass is 339 g/mol. The maximum absolute atomic E-state index is 12.6. The van der Waals surface area contributed by atoms with E-state index in [1.807, 2.05) is 13.8 Å². The van der Waals surface area contributed by atoms with Crippen LogP contribution in [0.1, 0.15) is 20.8 Å². The summed E-state index contributed by atoms with van der Waals surface area (Å²) < 4.78 is 0. The Balaban J connectivity index is 2.70. The summed E-state index contributed by atoms with van der Waals surface area (Å²) in [6, 6.07) is 0. The number of allylic oxidation sites excluding steroid dienone is 3. The highest BCUT2D eigenvalue weighted by atomic mass is 16.3. The highest BCUT2D eigenvalue weighted by Crippen LogP contribution is 2.18. The zero-order valence-electron chi connectivity index (χ0n) is 15.7. The van der Waals surface area contributed by atoms with Gasteiger partial charge in [0.1, 0.15) is 0 Å². The Labute approximate surface area is 146 Å². The second kappa shape index (κ2) is 9.81. The lowest BCUT2D eigenvalue weighted by atomic mass is 9.99. The van der Waals surface area contributed by atoms with E-state index in [1.165, 1.54) is 0 Å². The summed E-state index contributed by atoms with van der Waals surface area (Å²) in [5.41, 5.74) is 1.03. The van der Waals surface area contributed by atoms with Crippen molar-refractivity contribution in [2.75, 3.05) is 60.0 Å². The predicted octanol–water partition coefficient (Wildman–Crippen LogP) is 1.10. The summed E-state index contributed by atoms with van der Waals surface area (Å²) in [5, 5.41) is 19.4. The molecule has 1 aliphatic rings. The first-order valence-electron chi connectivity index (χ1n) is 8.63. The van der Waals surface area contributed by atoms with Crippen LogP contribution in [0.3, 0.4) is 0 Å². The first-order valence-corrected chi connectivity index (χ1v) is 8.63. The van der Waals surface area contributed by atoms with E-state index < -0.39 is 0 Å². The second-order valence-electron chi connectivity index (χ2n) is 6.96. The minimum Gasteiger partial charge on any atom is -0.512 e. The largest absolute Gasteiger partial charge is 0.512 e. The average Bonchev–Trinajstić information content (AvgIpc) is 2.53. The van der Waals surface area contributed by atoms with E-state index in [0.717, 1.165) is 26.2 Å².